The van der Waals surface area contributed by atoms with E-state index in [4.69, 9.17) is 14.2 Å². The largest absolute Gasteiger partial charge is 0.462 e. The first-order valence-electron chi connectivity index (χ1n) is 27.2. The lowest BCUT2D eigenvalue weighted by Crippen LogP contribution is -2.30. The van der Waals surface area contributed by atoms with Crippen molar-refractivity contribution in [2.75, 3.05) is 13.2 Å². The SMILES string of the molecule is CC/C=C\C/C=C\C/C=C\C/C=C\C/C=C\C/C=C\C/C=C\CCCCCC(=O)OCC(COC(=O)CCCCCCC/C=C\CCCC)OC(=O)CCCCCCCCCCCCCC. The van der Waals surface area contributed by atoms with E-state index in [1.807, 2.05) is 0 Å². The van der Waals surface area contributed by atoms with E-state index in [0.717, 1.165) is 116 Å². The summed E-state index contributed by atoms with van der Waals surface area (Å²) in [4.78, 5) is 38.0. The lowest BCUT2D eigenvalue weighted by atomic mass is 10.0. The predicted molar refractivity (Wildman–Crippen MR) is 284 cm³/mol. The van der Waals surface area contributed by atoms with Crippen LogP contribution >= 0.6 is 0 Å². The number of rotatable bonds is 48. The van der Waals surface area contributed by atoms with E-state index in [9.17, 15) is 14.4 Å². The Morgan fingerprint density at radius 3 is 1.00 bits per heavy atom. The molecule has 0 rings (SSSR count). The van der Waals surface area contributed by atoms with Crippen LogP contribution in [0.4, 0.5) is 0 Å². The Kier molecular flexibility index (Phi) is 50.9. The molecule has 0 aliphatic rings. The maximum Gasteiger partial charge on any atom is 0.306 e. The molecule has 0 aromatic carbocycles. The molecule has 0 N–H and O–H groups in total. The molecule has 0 amide bonds. The number of hydrogen-bond donors (Lipinski definition) is 0. The van der Waals surface area contributed by atoms with Gasteiger partial charge in [-0.25, -0.2) is 0 Å². The van der Waals surface area contributed by atoms with Crippen LogP contribution < -0.4 is 0 Å². The summed E-state index contributed by atoms with van der Waals surface area (Å²) in [5.41, 5.74) is 0. The number of allylic oxidation sites excluding steroid dienone is 16. The first kappa shape index (κ1) is 62.3. The number of unbranched alkanes of at least 4 members (excludes halogenated alkanes) is 21. The van der Waals surface area contributed by atoms with Gasteiger partial charge < -0.3 is 14.2 Å². The van der Waals surface area contributed by atoms with E-state index in [1.165, 1.54) is 89.9 Å². The number of ether oxygens (including phenoxy) is 3. The molecule has 0 heterocycles. The standard InChI is InChI=1S/C60H100O6/c1-4-7-10-13-16-19-22-24-25-26-27-28-29-30-31-32-33-34-35-36-39-41-44-47-50-53-59(62)65-56-57(55-64-58(61)52-49-46-43-40-37-21-18-15-12-9-6-3)66-60(63)54-51-48-45-42-38-23-20-17-14-11-8-5-2/h7,10,15-16,18-19,24-25,27-28,30-31,33-34,36,39,57H,4-6,8-9,11-14,17,20-23,26,29,32,35,37-38,40-56H2,1-3H3/b10-7-,18-15-,19-16-,25-24-,28-27-,31-30-,34-33-,39-36-. The Morgan fingerprint density at radius 1 is 0.318 bits per heavy atom. The summed E-state index contributed by atoms with van der Waals surface area (Å²) in [6, 6.07) is 0. The monoisotopic (exact) mass is 917 g/mol. The highest BCUT2D eigenvalue weighted by Gasteiger charge is 2.19. The van der Waals surface area contributed by atoms with Crippen molar-refractivity contribution in [1.29, 1.82) is 0 Å². The Labute approximate surface area is 407 Å². The molecule has 0 spiro atoms. The van der Waals surface area contributed by atoms with Crippen LogP contribution in [0, 0.1) is 0 Å². The van der Waals surface area contributed by atoms with E-state index in [2.05, 4.69) is 118 Å². The molecule has 66 heavy (non-hydrogen) atoms. The molecule has 6 heteroatoms. The van der Waals surface area contributed by atoms with Gasteiger partial charge in [0.2, 0.25) is 0 Å². The Balaban J connectivity index is 4.37. The quantitative estimate of drug-likeness (QED) is 0.0262. The zero-order valence-corrected chi connectivity index (χ0v) is 42.9. The number of hydrogen-bond acceptors (Lipinski definition) is 6. The molecule has 0 aliphatic heterocycles. The summed E-state index contributed by atoms with van der Waals surface area (Å²) >= 11 is 0. The van der Waals surface area contributed by atoms with Crippen molar-refractivity contribution in [3.05, 3.63) is 97.2 Å². The van der Waals surface area contributed by atoms with Gasteiger partial charge in [-0.15, -0.1) is 0 Å². The van der Waals surface area contributed by atoms with Crippen LogP contribution in [0.1, 0.15) is 245 Å². The molecule has 0 aromatic heterocycles. The van der Waals surface area contributed by atoms with Gasteiger partial charge in [0.05, 0.1) is 0 Å². The fraction of sp³-hybridized carbons (Fsp3) is 0.683. The molecule has 6 nitrogen and oxygen atoms in total. The first-order chi connectivity index (χ1) is 32.5. The Bertz CT molecular complexity index is 1330. The van der Waals surface area contributed by atoms with E-state index in [1.54, 1.807) is 0 Å². The Hall–Kier alpha value is -3.67. The molecule has 0 radical (unpaired) electrons. The molecule has 376 valence electrons. The van der Waals surface area contributed by atoms with Crippen LogP contribution in [-0.2, 0) is 28.6 Å². The van der Waals surface area contributed by atoms with E-state index in [-0.39, 0.29) is 31.1 Å². The lowest BCUT2D eigenvalue weighted by molar-refractivity contribution is -0.167. The van der Waals surface area contributed by atoms with Crippen LogP contribution in [0.5, 0.6) is 0 Å². The highest BCUT2D eigenvalue weighted by atomic mass is 16.6. The van der Waals surface area contributed by atoms with Crippen molar-refractivity contribution in [3.8, 4) is 0 Å². The summed E-state index contributed by atoms with van der Waals surface area (Å²) in [5, 5.41) is 0. The van der Waals surface area contributed by atoms with Gasteiger partial charge in [-0.1, -0.05) is 227 Å². The normalized spacial score (nSPS) is 12.8. The smallest absolute Gasteiger partial charge is 0.306 e. The van der Waals surface area contributed by atoms with Crippen molar-refractivity contribution in [2.24, 2.45) is 0 Å². The second-order valence-corrected chi connectivity index (χ2v) is 17.8. The molecule has 0 fully saturated rings. The second-order valence-electron chi connectivity index (χ2n) is 17.8. The van der Waals surface area contributed by atoms with Gasteiger partial charge in [0.1, 0.15) is 13.2 Å². The third kappa shape index (κ3) is 51.3. The third-order valence-corrected chi connectivity index (χ3v) is 11.3. The molecule has 1 atom stereocenters. The molecule has 0 bridgehead atoms. The summed E-state index contributed by atoms with van der Waals surface area (Å²) < 4.78 is 16.8. The van der Waals surface area contributed by atoms with Gasteiger partial charge in [-0.3, -0.25) is 14.4 Å². The maximum atomic E-state index is 12.8. The van der Waals surface area contributed by atoms with Gasteiger partial charge in [0.15, 0.2) is 6.10 Å². The number of carbonyl (C=O) groups is 3. The Morgan fingerprint density at radius 2 is 0.606 bits per heavy atom. The molecular formula is C60H100O6. The maximum absolute atomic E-state index is 12.8. The predicted octanol–water partition coefficient (Wildman–Crippen LogP) is 18.1. The van der Waals surface area contributed by atoms with Gasteiger partial charge >= 0.3 is 17.9 Å². The zero-order chi connectivity index (χ0) is 47.9. The minimum absolute atomic E-state index is 0.0917. The average Bonchev–Trinajstić information content (AvgIpc) is 3.31. The van der Waals surface area contributed by atoms with Crippen LogP contribution in [0.3, 0.4) is 0 Å². The molecule has 0 saturated heterocycles. The highest BCUT2D eigenvalue weighted by molar-refractivity contribution is 5.71. The molecular weight excluding hydrogens is 817 g/mol. The van der Waals surface area contributed by atoms with Crippen LogP contribution in [0.15, 0.2) is 97.2 Å². The average molecular weight is 917 g/mol. The summed E-state index contributed by atoms with van der Waals surface area (Å²) in [7, 11) is 0. The van der Waals surface area contributed by atoms with Gasteiger partial charge in [-0.2, -0.15) is 0 Å². The van der Waals surface area contributed by atoms with Gasteiger partial charge in [0, 0.05) is 19.3 Å². The summed E-state index contributed by atoms with van der Waals surface area (Å²) in [6.45, 7) is 6.44. The van der Waals surface area contributed by atoms with Crippen molar-refractivity contribution in [3.63, 3.8) is 0 Å². The number of esters is 3. The second kappa shape index (κ2) is 53.9. The molecule has 0 aromatic rings. The topological polar surface area (TPSA) is 78.9 Å². The molecule has 1 unspecified atom stereocenters. The number of carbonyl (C=O) groups excluding carboxylic acids is 3. The minimum atomic E-state index is -0.792. The third-order valence-electron chi connectivity index (χ3n) is 11.3. The van der Waals surface area contributed by atoms with E-state index >= 15 is 0 Å². The van der Waals surface area contributed by atoms with Crippen molar-refractivity contribution < 1.29 is 28.6 Å². The molecule has 0 aliphatic carbocycles. The summed E-state index contributed by atoms with van der Waals surface area (Å²) in [6.07, 6.45) is 71.1. The fourth-order valence-electron chi connectivity index (χ4n) is 7.23. The van der Waals surface area contributed by atoms with Crippen molar-refractivity contribution in [2.45, 2.75) is 252 Å². The van der Waals surface area contributed by atoms with E-state index < -0.39 is 6.10 Å². The first-order valence-corrected chi connectivity index (χ1v) is 27.2. The van der Waals surface area contributed by atoms with Crippen LogP contribution in [-0.4, -0.2) is 37.2 Å². The summed E-state index contributed by atoms with van der Waals surface area (Å²) in [5.74, 6) is -0.935. The van der Waals surface area contributed by atoms with Crippen LogP contribution in [0.25, 0.3) is 0 Å². The van der Waals surface area contributed by atoms with Gasteiger partial charge in [0.25, 0.3) is 0 Å². The van der Waals surface area contributed by atoms with Gasteiger partial charge in [-0.05, 0) is 96.3 Å². The van der Waals surface area contributed by atoms with Crippen LogP contribution in [0.2, 0.25) is 0 Å². The van der Waals surface area contributed by atoms with Crippen molar-refractivity contribution in [1.82, 2.24) is 0 Å². The van der Waals surface area contributed by atoms with E-state index in [0.29, 0.717) is 19.3 Å². The zero-order valence-electron chi connectivity index (χ0n) is 42.9. The fourth-order valence-corrected chi connectivity index (χ4v) is 7.23. The highest BCUT2D eigenvalue weighted by Crippen LogP contribution is 2.14. The molecule has 0 saturated carbocycles. The lowest BCUT2D eigenvalue weighted by Gasteiger charge is -2.18. The van der Waals surface area contributed by atoms with Crippen molar-refractivity contribution >= 4 is 17.9 Å². The minimum Gasteiger partial charge on any atom is -0.462 e.